The van der Waals surface area contributed by atoms with Crippen molar-refractivity contribution in [2.45, 2.75) is 6.42 Å². The summed E-state index contributed by atoms with van der Waals surface area (Å²) >= 11 is 0. The highest BCUT2D eigenvalue weighted by Gasteiger charge is 2.03. The highest BCUT2D eigenvalue weighted by Crippen LogP contribution is 2.12. The van der Waals surface area contributed by atoms with Crippen LogP contribution in [-0.2, 0) is 6.42 Å². The van der Waals surface area contributed by atoms with Crippen molar-refractivity contribution in [3.05, 3.63) is 59.9 Å². The Morgan fingerprint density at radius 2 is 1.88 bits per heavy atom. The number of benzene rings is 2. The van der Waals surface area contributed by atoms with Crippen LogP contribution in [0.1, 0.15) is 11.4 Å². The molecule has 1 heterocycles. The summed E-state index contributed by atoms with van der Waals surface area (Å²) in [5.41, 5.74) is 3.97. The number of hydrogen-bond acceptors (Lipinski definition) is 1. The molecule has 0 aliphatic heterocycles. The van der Waals surface area contributed by atoms with Crippen molar-refractivity contribution in [1.82, 2.24) is 9.97 Å². The van der Waals surface area contributed by atoms with Gasteiger partial charge in [-0.2, -0.15) is 0 Å². The number of nitrogens with one attached hydrogen (secondary N) is 1. The lowest BCUT2D eigenvalue weighted by Crippen LogP contribution is -1.99. The summed E-state index contributed by atoms with van der Waals surface area (Å²) < 4.78 is 0. The molecule has 0 amide bonds. The Labute approximate surface area is 101 Å². The van der Waals surface area contributed by atoms with E-state index in [4.69, 9.17) is 7.85 Å². The van der Waals surface area contributed by atoms with Gasteiger partial charge in [-0.25, -0.2) is 4.98 Å². The Bertz CT molecular complexity index is 644. The first-order valence-corrected chi connectivity index (χ1v) is 5.59. The van der Waals surface area contributed by atoms with E-state index < -0.39 is 0 Å². The van der Waals surface area contributed by atoms with E-state index in [1.807, 2.05) is 36.4 Å². The zero-order valence-electron chi connectivity index (χ0n) is 9.35. The first kappa shape index (κ1) is 10.1. The standard InChI is InChI=1S/C14H11BN2/c15-11-6-7-12-13(9-11)17-14(16-12)8-10-4-2-1-3-5-10/h1-7,9H,8H2,(H,16,17). The third kappa shape index (κ3) is 2.09. The molecule has 0 bridgehead atoms. The first-order valence-electron chi connectivity index (χ1n) is 5.59. The molecule has 80 valence electrons. The van der Waals surface area contributed by atoms with Gasteiger partial charge in [0, 0.05) is 6.42 Å². The van der Waals surface area contributed by atoms with Gasteiger partial charge in [-0.15, -0.1) is 0 Å². The van der Waals surface area contributed by atoms with Gasteiger partial charge in [-0.3, -0.25) is 0 Å². The molecular formula is C14H11BN2. The molecule has 0 aliphatic carbocycles. The summed E-state index contributed by atoms with van der Waals surface area (Å²) in [6.45, 7) is 0. The van der Waals surface area contributed by atoms with Gasteiger partial charge in [-0.05, 0) is 17.7 Å². The van der Waals surface area contributed by atoms with Crippen LogP contribution in [0.4, 0.5) is 0 Å². The van der Waals surface area contributed by atoms with Gasteiger partial charge < -0.3 is 4.98 Å². The van der Waals surface area contributed by atoms with E-state index in [2.05, 4.69) is 22.1 Å². The summed E-state index contributed by atoms with van der Waals surface area (Å²) in [5, 5.41) is 0. The molecule has 2 radical (unpaired) electrons. The first-order chi connectivity index (χ1) is 8.31. The van der Waals surface area contributed by atoms with Crippen LogP contribution in [0.5, 0.6) is 0 Å². The average Bonchev–Trinajstić information content (AvgIpc) is 2.71. The van der Waals surface area contributed by atoms with Gasteiger partial charge >= 0.3 is 0 Å². The fourth-order valence-electron chi connectivity index (χ4n) is 1.95. The predicted octanol–water partition coefficient (Wildman–Crippen LogP) is 1.95. The summed E-state index contributed by atoms with van der Waals surface area (Å²) in [7, 11) is 5.74. The Kier molecular flexibility index (Phi) is 2.44. The Balaban J connectivity index is 1.96. The zero-order valence-corrected chi connectivity index (χ0v) is 9.35. The fourth-order valence-corrected chi connectivity index (χ4v) is 1.95. The fraction of sp³-hybridized carbons (Fsp3) is 0.0714. The molecule has 3 heteroatoms. The van der Waals surface area contributed by atoms with Crippen LogP contribution < -0.4 is 5.46 Å². The maximum atomic E-state index is 5.74. The van der Waals surface area contributed by atoms with Gasteiger partial charge in [0.1, 0.15) is 13.7 Å². The molecule has 0 aliphatic rings. The van der Waals surface area contributed by atoms with E-state index in [1.54, 1.807) is 0 Å². The van der Waals surface area contributed by atoms with E-state index in [-0.39, 0.29) is 0 Å². The second kappa shape index (κ2) is 4.09. The molecule has 2 aromatic carbocycles. The highest BCUT2D eigenvalue weighted by atomic mass is 14.9. The van der Waals surface area contributed by atoms with Crippen molar-refractivity contribution >= 4 is 24.3 Å². The van der Waals surface area contributed by atoms with Gasteiger partial charge in [0.15, 0.2) is 0 Å². The number of H-pyrrole nitrogens is 1. The Morgan fingerprint density at radius 1 is 1.06 bits per heavy atom. The van der Waals surface area contributed by atoms with Crippen molar-refractivity contribution in [1.29, 1.82) is 0 Å². The molecule has 1 aromatic heterocycles. The minimum atomic E-state index is 0.757. The molecule has 0 unspecified atom stereocenters. The molecule has 3 aromatic rings. The van der Waals surface area contributed by atoms with Gasteiger partial charge in [-0.1, -0.05) is 41.9 Å². The van der Waals surface area contributed by atoms with Gasteiger partial charge in [0.25, 0.3) is 0 Å². The minimum absolute atomic E-state index is 0.757. The average molecular weight is 218 g/mol. The maximum absolute atomic E-state index is 5.74. The molecule has 1 N–H and O–H groups in total. The van der Waals surface area contributed by atoms with Crippen LogP contribution in [0.3, 0.4) is 0 Å². The number of aromatic amines is 1. The molecule has 0 fully saturated rings. The Hall–Kier alpha value is -2.03. The smallest absolute Gasteiger partial charge is 0.113 e. The summed E-state index contributed by atoms with van der Waals surface area (Å²) in [6, 6.07) is 16.0. The maximum Gasteiger partial charge on any atom is 0.113 e. The summed E-state index contributed by atoms with van der Waals surface area (Å²) in [4.78, 5) is 7.83. The molecule has 0 spiro atoms. The molecular weight excluding hydrogens is 207 g/mol. The number of fused-ring (bicyclic) bond motifs is 1. The van der Waals surface area contributed by atoms with Crippen molar-refractivity contribution in [3.63, 3.8) is 0 Å². The number of imidazole rings is 1. The topological polar surface area (TPSA) is 28.7 Å². The SMILES string of the molecule is [B]c1ccc2nc(Cc3ccccc3)[nH]c2c1. The number of aromatic nitrogens is 2. The second-order valence-electron chi connectivity index (χ2n) is 4.12. The van der Waals surface area contributed by atoms with Crippen LogP contribution in [0.2, 0.25) is 0 Å². The third-order valence-corrected chi connectivity index (χ3v) is 2.77. The van der Waals surface area contributed by atoms with Gasteiger partial charge in [0.05, 0.1) is 11.0 Å². The largest absolute Gasteiger partial charge is 0.342 e. The molecule has 0 saturated heterocycles. The lowest BCUT2D eigenvalue weighted by molar-refractivity contribution is 1.04. The van der Waals surface area contributed by atoms with E-state index in [1.165, 1.54) is 5.56 Å². The number of hydrogen-bond donors (Lipinski definition) is 1. The molecule has 17 heavy (non-hydrogen) atoms. The molecule has 2 nitrogen and oxygen atoms in total. The van der Waals surface area contributed by atoms with E-state index in [0.29, 0.717) is 0 Å². The minimum Gasteiger partial charge on any atom is -0.342 e. The number of nitrogens with zero attached hydrogens (tertiary/aromatic N) is 1. The van der Waals surface area contributed by atoms with Crippen molar-refractivity contribution in [3.8, 4) is 0 Å². The van der Waals surface area contributed by atoms with Gasteiger partial charge in [0.2, 0.25) is 0 Å². The lowest BCUT2D eigenvalue weighted by Gasteiger charge is -1.96. The predicted molar refractivity (Wildman–Crippen MR) is 70.7 cm³/mol. The van der Waals surface area contributed by atoms with Crippen molar-refractivity contribution in [2.24, 2.45) is 0 Å². The quantitative estimate of drug-likeness (QED) is 0.654. The van der Waals surface area contributed by atoms with Crippen LogP contribution in [0.15, 0.2) is 48.5 Å². The monoisotopic (exact) mass is 218 g/mol. The summed E-state index contributed by atoms with van der Waals surface area (Å²) in [5.74, 6) is 0.969. The molecule has 3 rings (SSSR count). The normalized spacial score (nSPS) is 10.8. The third-order valence-electron chi connectivity index (χ3n) is 2.77. The zero-order chi connectivity index (χ0) is 11.7. The van der Waals surface area contributed by atoms with Crippen LogP contribution in [-0.4, -0.2) is 17.8 Å². The van der Waals surface area contributed by atoms with Crippen LogP contribution >= 0.6 is 0 Å². The molecule has 0 atom stereocenters. The van der Waals surface area contributed by atoms with E-state index >= 15 is 0 Å². The van der Waals surface area contributed by atoms with E-state index in [9.17, 15) is 0 Å². The lowest BCUT2D eigenvalue weighted by atomic mass is 9.96. The number of rotatable bonds is 2. The van der Waals surface area contributed by atoms with Crippen LogP contribution in [0, 0.1) is 0 Å². The Morgan fingerprint density at radius 3 is 2.71 bits per heavy atom. The van der Waals surface area contributed by atoms with E-state index in [0.717, 1.165) is 28.7 Å². The molecule has 0 saturated carbocycles. The van der Waals surface area contributed by atoms with Crippen molar-refractivity contribution in [2.75, 3.05) is 0 Å². The second-order valence-corrected chi connectivity index (χ2v) is 4.12. The van der Waals surface area contributed by atoms with Crippen LogP contribution in [0.25, 0.3) is 11.0 Å². The summed E-state index contributed by atoms with van der Waals surface area (Å²) in [6.07, 6.45) is 0.815. The van der Waals surface area contributed by atoms with Crippen molar-refractivity contribution < 1.29 is 0 Å². The highest BCUT2D eigenvalue weighted by molar-refractivity contribution is 6.33.